The fraction of sp³-hybridized carbons (Fsp3) is 0.368. The molecule has 0 atom stereocenters. The van der Waals surface area contributed by atoms with Crippen molar-refractivity contribution in [3.63, 3.8) is 0 Å². The van der Waals surface area contributed by atoms with Crippen molar-refractivity contribution >= 4 is 28.3 Å². The second-order valence-corrected chi connectivity index (χ2v) is 6.53. The van der Waals surface area contributed by atoms with E-state index in [2.05, 4.69) is 15.0 Å². The number of hydrogen-bond acceptors (Lipinski definition) is 6. The average Bonchev–Trinajstić information content (AvgIpc) is 3.12. The Hall–Kier alpha value is -2.80. The van der Waals surface area contributed by atoms with Crippen LogP contribution in [0, 0.1) is 0 Å². The number of allylic oxidation sites excluding steroid dienone is 1. The first kappa shape index (κ1) is 16.7. The average molecular weight is 352 g/mol. The van der Waals surface area contributed by atoms with Crippen molar-refractivity contribution in [1.82, 2.24) is 14.9 Å². The molecule has 1 aromatic heterocycles. The van der Waals surface area contributed by atoms with Crippen LogP contribution >= 0.6 is 0 Å². The number of nitrogens with one attached hydrogen (secondary N) is 1. The van der Waals surface area contributed by atoms with Crippen molar-refractivity contribution in [3.05, 3.63) is 42.0 Å². The van der Waals surface area contributed by atoms with Crippen LogP contribution in [0.15, 0.2) is 41.4 Å². The molecule has 1 N–H and O–H groups in total. The third-order valence-electron chi connectivity index (χ3n) is 4.60. The molecule has 0 amide bonds. The van der Waals surface area contributed by atoms with Crippen LogP contribution < -0.4 is 0 Å². The molecule has 7 nitrogen and oxygen atoms in total. The lowest BCUT2D eigenvalue weighted by Gasteiger charge is -2.30. The van der Waals surface area contributed by atoms with Gasteiger partial charge in [-0.25, -0.2) is 9.98 Å². The van der Waals surface area contributed by atoms with E-state index in [1.165, 1.54) is 0 Å². The minimum Gasteiger partial charge on any atom is -0.378 e. The number of ketones is 2. The largest absolute Gasteiger partial charge is 0.378 e. The monoisotopic (exact) mass is 352 g/mol. The van der Waals surface area contributed by atoms with Gasteiger partial charge in [0, 0.05) is 44.1 Å². The predicted octanol–water partition coefficient (Wildman–Crippen LogP) is 1.65. The number of aromatic nitrogens is 2. The number of hydrogen-bond donors (Lipinski definition) is 1. The Morgan fingerprint density at radius 2 is 2.08 bits per heavy atom. The number of carbonyl (C=O) groups is 2. The number of fused-ring (bicyclic) bond motifs is 1. The molecular formula is C19H20N4O3. The topological polar surface area (TPSA) is 87.7 Å². The van der Waals surface area contributed by atoms with Crippen molar-refractivity contribution in [2.45, 2.75) is 19.3 Å². The molecule has 0 bridgehead atoms. The molecule has 1 fully saturated rings. The zero-order valence-corrected chi connectivity index (χ0v) is 14.4. The first-order valence-electron chi connectivity index (χ1n) is 8.75. The van der Waals surface area contributed by atoms with E-state index in [4.69, 9.17) is 4.74 Å². The second-order valence-electron chi connectivity index (χ2n) is 6.53. The SMILES string of the molecule is O=C1C=C(N2CCOCC2)N=C(CC(=O)Cc2cccc3[nH]cnc23)C1. The van der Waals surface area contributed by atoms with Crippen LogP contribution in [-0.4, -0.2) is 58.4 Å². The predicted molar refractivity (Wildman–Crippen MR) is 97.0 cm³/mol. The minimum atomic E-state index is -0.00121. The molecular weight excluding hydrogens is 332 g/mol. The number of carbonyl (C=O) groups excluding carboxylic acids is 2. The molecule has 0 aliphatic carbocycles. The lowest BCUT2D eigenvalue weighted by atomic mass is 10.00. The van der Waals surface area contributed by atoms with Gasteiger partial charge in [-0.2, -0.15) is 0 Å². The van der Waals surface area contributed by atoms with E-state index >= 15 is 0 Å². The number of morpholine rings is 1. The normalized spacial score (nSPS) is 18.0. The minimum absolute atomic E-state index is 0.00121. The zero-order chi connectivity index (χ0) is 17.9. The van der Waals surface area contributed by atoms with Crippen molar-refractivity contribution in [2.24, 2.45) is 4.99 Å². The Labute approximate surface area is 150 Å². The summed E-state index contributed by atoms with van der Waals surface area (Å²) in [6, 6.07) is 5.75. The van der Waals surface area contributed by atoms with Crippen LogP contribution in [0.1, 0.15) is 18.4 Å². The molecule has 7 heteroatoms. The summed E-state index contributed by atoms with van der Waals surface area (Å²) in [5, 5.41) is 0. The van der Waals surface area contributed by atoms with Gasteiger partial charge in [0.2, 0.25) is 0 Å². The number of para-hydroxylation sites is 1. The maximum absolute atomic E-state index is 12.6. The second kappa shape index (κ2) is 7.21. The summed E-state index contributed by atoms with van der Waals surface area (Å²) in [5.41, 5.74) is 3.26. The van der Waals surface area contributed by atoms with Gasteiger partial charge in [-0.05, 0) is 11.6 Å². The Balaban J connectivity index is 1.46. The number of rotatable bonds is 5. The van der Waals surface area contributed by atoms with Crippen molar-refractivity contribution < 1.29 is 14.3 Å². The molecule has 1 saturated heterocycles. The molecule has 0 radical (unpaired) electrons. The smallest absolute Gasteiger partial charge is 0.164 e. The molecule has 0 saturated carbocycles. The fourth-order valence-electron chi connectivity index (χ4n) is 3.36. The number of H-pyrrole nitrogens is 1. The Bertz CT molecular complexity index is 906. The number of aliphatic imine (C=N–C) groups is 1. The van der Waals surface area contributed by atoms with Gasteiger partial charge >= 0.3 is 0 Å². The summed E-state index contributed by atoms with van der Waals surface area (Å²) in [7, 11) is 0. The maximum Gasteiger partial charge on any atom is 0.164 e. The highest BCUT2D eigenvalue weighted by atomic mass is 16.5. The molecule has 0 unspecified atom stereocenters. The summed E-state index contributed by atoms with van der Waals surface area (Å²) in [4.78, 5) is 38.6. The number of benzene rings is 1. The van der Waals surface area contributed by atoms with Gasteiger partial charge in [0.05, 0.1) is 30.6 Å². The first-order chi connectivity index (χ1) is 12.7. The molecule has 134 valence electrons. The highest BCUT2D eigenvalue weighted by Crippen LogP contribution is 2.19. The quantitative estimate of drug-likeness (QED) is 0.884. The number of Topliss-reactive ketones (excluding diaryl/α,β-unsaturated/α-hetero) is 1. The van der Waals surface area contributed by atoms with Gasteiger partial charge in [0.1, 0.15) is 11.6 Å². The standard InChI is InChI=1S/C19H20N4O3/c24-15(8-13-2-1-3-17-19(13)21-12-20-17)9-14-10-16(25)11-18(22-14)23-4-6-26-7-5-23/h1-3,11-12H,4-10H2,(H,20,21). The van der Waals surface area contributed by atoms with Crippen LogP contribution in [0.2, 0.25) is 0 Å². The van der Waals surface area contributed by atoms with E-state index in [9.17, 15) is 9.59 Å². The molecule has 1 aromatic carbocycles. The molecule has 2 aromatic rings. The lowest BCUT2D eigenvalue weighted by Crippen LogP contribution is -2.36. The van der Waals surface area contributed by atoms with E-state index < -0.39 is 0 Å². The fourth-order valence-corrected chi connectivity index (χ4v) is 3.36. The Morgan fingerprint density at radius 3 is 2.92 bits per heavy atom. The van der Waals surface area contributed by atoms with Gasteiger partial charge in [-0.1, -0.05) is 12.1 Å². The zero-order valence-electron chi connectivity index (χ0n) is 14.4. The molecule has 2 aliphatic rings. The number of imidazole rings is 1. The number of ether oxygens (including phenoxy) is 1. The van der Waals surface area contributed by atoms with Crippen molar-refractivity contribution in [3.8, 4) is 0 Å². The van der Waals surface area contributed by atoms with E-state index in [0.29, 0.717) is 37.8 Å². The highest BCUT2D eigenvalue weighted by Gasteiger charge is 2.22. The van der Waals surface area contributed by atoms with Crippen molar-refractivity contribution in [2.75, 3.05) is 26.3 Å². The maximum atomic E-state index is 12.6. The van der Waals surface area contributed by atoms with Crippen LogP contribution in [0.4, 0.5) is 0 Å². The summed E-state index contributed by atoms with van der Waals surface area (Å²) >= 11 is 0. The Kier molecular flexibility index (Phi) is 4.62. The molecule has 0 spiro atoms. The van der Waals surface area contributed by atoms with E-state index in [0.717, 1.165) is 16.6 Å². The summed E-state index contributed by atoms with van der Waals surface area (Å²) in [6.07, 6.45) is 3.89. The van der Waals surface area contributed by atoms with Gasteiger partial charge < -0.3 is 14.6 Å². The van der Waals surface area contributed by atoms with Gasteiger partial charge in [-0.15, -0.1) is 0 Å². The first-order valence-corrected chi connectivity index (χ1v) is 8.75. The van der Waals surface area contributed by atoms with Gasteiger partial charge in [-0.3, -0.25) is 9.59 Å². The molecule has 4 rings (SSSR count). The number of aromatic amines is 1. The summed E-state index contributed by atoms with van der Waals surface area (Å²) < 4.78 is 5.34. The lowest BCUT2D eigenvalue weighted by molar-refractivity contribution is -0.117. The van der Waals surface area contributed by atoms with E-state index in [1.807, 2.05) is 23.1 Å². The molecule has 3 heterocycles. The van der Waals surface area contributed by atoms with Crippen LogP contribution in [-0.2, 0) is 20.7 Å². The summed E-state index contributed by atoms with van der Waals surface area (Å²) in [6.45, 7) is 2.68. The number of nitrogens with zero attached hydrogens (tertiary/aromatic N) is 3. The van der Waals surface area contributed by atoms with E-state index in [-0.39, 0.29) is 30.8 Å². The highest BCUT2D eigenvalue weighted by molar-refractivity contribution is 6.14. The Morgan fingerprint density at radius 1 is 1.23 bits per heavy atom. The van der Waals surface area contributed by atoms with Crippen LogP contribution in [0.3, 0.4) is 0 Å². The van der Waals surface area contributed by atoms with E-state index in [1.54, 1.807) is 12.4 Å². The molecule has 26 heavy (non-hydrogen) atoms. The van der Waals surface area contributed by atoms with Crippen molar-refractivity contribution in [1.29, 1.82) is 0 Å². The van der Waals surface area contributed by atoms with Gasteiger partial charge in [0.15, 0.2) is 5.78 Å². The van der Waals surface area contributed by atoms with Gasteiger partial charge in [0.25, 0.3) is 0 Å². The third-order valence-corrected chi connectivity index (χ3v) is 4.60. The third kappa shape index (κ3) is 3.57. The summed E-state index contributed by atoms with van der Waals surface area (Å²) in [5.74, 6) is 0.690. The molecule has 2 aliphatic heterocycles. The van der Waals surface area contributed by atoms with Crippen LogP contribution in [0.5, 0.6) is 0 Å². The van der Waals surface area contributed by atoms with Crippen LogP contribution in [0.25, 0.3) is 11.0 Å².